The van der Waals surface area contributed by atoms with Crippen LogP contribution >= 0.6 is 11.3 Å². The molecule has 1 N–H and O–H groups in total. The van der Waals surface area contributed by atoms with Gasteiger partial charge in [-0.1, -0.05) is 6.07 Å². The van der Waals surface area contributed by atoms with E-state index < -0.39 is 0 Å². The summed E-state index contributed by atoms with van der Waals surface area (Å²) < 4.78 is 0. The summed E-state index contributed by atoms with van der Waals surface area (Å²) in [7, 11) is 0. The quantitative estimate of drug-likeness (QED) is 0.839. The molecule has 1 aliphatic heterocycles. The van der Waals surface area contributed by atoms with Crippen molar-refractivity contribution < 1.29 is 4.79 Å². The van der Waals surface area contributed by atoms with Crippen molar-refractivity contribution >= 4 is 17.2 Å². The van der Waals surface area contributed by atoms with Crippen molar-refractivity contribution in [2.24, 2.45) is 5.92 Å². The van der Waals surface area contributed by atoms with Crippen LogP contribution in [0.2, 0.25) is 0 Å². The lowest BCUT2D eigenvalue weighted by atomic mass is 9.67. The van der Waals surface area contributed by atoms with Crippen molar-refractivity contribution in [3.05, 3.63) is 22.4 Å². The average molecular weight is 235 g/mol. The standard InChI is InChI=1S/C13H17NOS/c1-12(2)13(9-5-6-9,8-11(15)14-12)10-4-3-7-16-10/h3-4,7,9H,5-6,8H2,1-2H3,(H,14,15). The average Bonchev–Trinajstić information content (AvgIpc) is 2.81. The van der Waals surface area contributed by atoms with Gasteiger partial charge in [-0.3, -0.25) is 4.79 Å². The molecule has 0 radical (unpaired) electrons. The van der Waals surface area contributed by atoms with Crippen molar-refractivity contribution in [3.8, 4) is 0 Å². The molecule has 1 saturated carbocycles. The maximum Gasteiger partial charge on any atom is 0.221 e. The molecule has 1 aromatic heterocycles. The van der Waals surface area contributed by atoms with E-state index in [2.05, 4.69) is 36.7 Å². The number of carbonyl (C=O) groups is 1. The van der Waals surface area contributed by atoms with E-state index in [0.29, 0.717) is 12.3 Å². The van der Waals surface area contributed by atoms with Gasteiger partial charge in [0.1, 0.15) is 0 Å². The zero-order chi connectivity index (χ0) is 11.4. The Hall–Kier alpha value is -0.830. The summed E-state index contributed by atoms with van der Waals surface area (Å²) in [6.45, 7) is 4.35. The first-order chi connectivity index (χ1) is 7.56. The van der Waals surface area contributed by atoms with E-state index in [1.165, 1.54) is 17.7 Å². The SMILES string of the molecule is CC1(C)NC(=O)CC1(c1cccs1)C1CC1. The highest BCUT2D eigenvalue weighted by molar-refractivity contribution is 7.10. The molecular formula is C13H17NOS. The summed E-state index contributed by atoms with van der Waals surface area (Å²) in [4.78, 5) is 13.2. The molecule has 1 atom stereocenters. The Morgan fingerprint density at radius 2 is 2.19 bits per heavy atom. The molecule has 2 aliphatic rings. The molecule has 3 rings (SSSR count). The van der Waals surface area contributed by atoms with E-state index in [9.17, 15) is 4.79 Å². The van der Waals surface area contributed by atoms with E-state index >= 15 is 0 Å². The van der Waals surface area contributed by atoms with Crippen LogP contribution in [0.3, 0.4) is 0 Å². The van der Waals surface area contributed by atoms with Crippen LogP contribution in [0.1, 0.15) is 38.0 Å². The van der Waals surface area contributed by atoms with Gasteiger partial charge in [0.2, 0.25) is 5.91 Å². The first kappa shape index (κ1) is 10.3. The maximum absolute atomic E-state index is 11.8. The summed E-state index contributed by atoms with van der Waals surface area (Å²) in [6, 6.07) is 4.30. The molecule has 2 fully saturated rings. The van der Waals surface area contributed by atoms with Crippen molar-refractivity contribution in [1.29, 1.82) is 0 Å². The predicted molar refractivity (Wildman–Crippen MR) is 65.6 cm³/mol. The number of hydrogen-bond donors (Lipinski definition) is 1. The fourth-order valence-corrected chi connectivity index (χ4v) is 4.50. The molecule has 3 heteroatoms. The van der Waals surface area contributed by atoms with Gasteiger partial charge in [-0.05, 0) is 44.1 Å². The van der Waals surface area contributed by atoms with Gasteiger partial charge in [0, 0.05) is 22.3 Å². The first-order valence-corrected chi connectivity index (χ1v) is 6.79. The lowest BCUT2D eigenvalue weighted by molar-refractivity contribution is -0.119. The zero-order valence-electron chi connectivity index (χ0n) is 9.75. The van der Waals surface area contributed by atoms with Gasteiger partial charge >= 0.3 is 0 Å². The van der Waals surface area contributed by atoms with Gasteiger partial charge in [-0.15, -0.1) is 11.3 Å². The van der Waals surface area contributed by atoms with Gasteiger partial charge < -0.3 is 5.32 Å². The second kappa shape index (κ2) is 3.10. The van der Waals surface area contributed by atoms with Crippen LogP contribution < -0.4 is 5.32 Å². The summed E-state index contributed by atoms with van der Waals surface area (Å²) >= 11 is 1.80. The van der Waals surface area contributed by atoms with Crippen molar-refractivity contribution in [2.75, 3.05) is 0 Å². The Labute approximate surface area is 100 Å². The highest BCUT2D eigenvalue weighted by Gasteiger charge is 2.61. The Morgan fingerprint density at radius 3 is 2.62 bits per heavy atom. The lowest BCUT2D eigenvalue weighted by Crippen LogP contribution is -2.50. The van der Waals surface area contributed by atoms with Crippen LogP contribution in [0.15, 0.2) is 17.5 Å². The minimum atomic E-state index is -0.101. The Morgan fingerprint density at radius 1 is 1.44 bits per heavy atom. The fourth-order valence-electron chi connectivity index (χ4n) is 3.34. The highest BCUT2D eigenvalue weighted by Crippen LogP contribution is 2.58. The number of thiophene rings is 1. The van der Waals surface area contributed by atoms with Gasteiger partial charge in [-0.25, -0.2) is 0 Å². The van der Waals surface area contributed by atoms with E-state index in [4.69, 9.17) is 0 Å². The van der Waals surface area contributed by atoms with Crippen LogP contribution in [-0.2, 0) is 10.2 Å². The third kappa shape index (κ3) is 1.21. The van der Waals surface area contributed by atoms with E-state index in [1.807, 2.05) is 0 Å². The molecule has 1 aliphatic carbocycles. The van der Waals surface area contributed by atoms with Gasteiger partial charge in [-0.2, -0.15) is 0 Å². The number of amides is 1. The van der Waals surface area contributed by atoms with Gasteiger partial charge in [0.25, 0.3) is 0 Å². The highest BCUT2D eigenvalue weighted by atomic mass is 32.1. The van der Waals surface area contributed by atoms with Gasteiger partial charge in [0.15, 0.2) is 0 Å². The molecular weight excluding hydrogens is 218 g/mol. The molecule has 1 aromatic rings. The molecule has 1 unspecified atom stereocenters. The molecule has 2 nitrogen and oxygen atoms in total. The molecule has 0 bridgehead atoms. The zero-order valence-corrected chi connectivity index (χ0v) is 10.6. The van der Waals surface area contributed by atoms with E-state index in [1.54, 1.807) is 11.3 Å². The van der Waals surface area contributed by atoms with Gasteiger partial charge in [0.05, 0.1) is 0 Å². The molecule has 0 aromatic carbocycles. The third-order valence-corrected chi connectivity index (χ3v) is 5.29. The molecule has 1 saturated heterocycles. The summed E-state index contributed by atoms with van der Waals surface area (Å²) in [5.41, 5.74) is -0.0473. The smallest absolute Gasteiger partial charge is 0.221 e. The lowest BCUT2D eigenvalue weighted by Gasteiger charge is -2.40. The van der Waals surface area contributed by atoms with Crippen molar-refractivity contribution in [1.82, 2.24) is 5.32 Å². The summed E-state index contributed by atoms with van der Waals surface area (Å²) in [5.74, 6) is 0.908. The minimum Gasteiger partial charge on any atom is -0.350 e. The number of rotatable bonds is 2. The Kier molecular flexibility index (Phi) is 2.00. The number of nitrogens with one attached hydrogen (secondary N) is 1. The van der Waals surface area contributed by atoms with E-state index in [0.717, 1.165) is 0 Å². The second-order valence-electron chi connectivity index (χ2n) is 5.57. The Balaban J connectivity index is 2.13. The molecule has 86 valence electrons. The second-order valence-corrected chi connectivity index (χ2v) is 6.52. The van der Waals surface area contributed by atoms with E-state index in [-0.39, 0.29) is 16.9 Å². The number of hydrogen-bond acceptors (Lipinski definition) is 2. The van der Waals surface area contributed by atoms with Crippen LogP contribution in [0.4, 0.5) is 0 Å². The minimum absolute atomic E-state index is 0.0538. The first-order valence-electron chi connectivity index (χ1n) is 5.91. The summed E-state index contributed by atoms with van der Waals surface area (Å²) in [6.07, 6.45) is 3.22. The van der Waals surface area contributed by atoms with Crippen LogP contribution in [0.5, 0.6) is 0 Å². The van der Waals surface area contributed by atoms with Crippen molar-refractivity contribution in [2.45, 2.75) is 44.1 Å². The topological polar surface area (TPSA) is 29.1 Å². The third-order valence-electron chi connectivity index (χ3n) is 4.24. The normalized spacial score (nSPS) is 32.8. The van der Waals surface area contributed by atoms with Crippen LogP contribution in [-0.4, -0.2) is 11.4 Å². The fraction of sp³-hybridized carbons (Fsp3) is 0.615. The monoisotopic (exact) mass is 235 g/mol. The largest absolute Gasteiger partial charge is 0.350 e. The molecule has 1 amide bonds. The predicted octanol–water partition coefficient (Wildman–Crippen LogP) is 2.69. The van der Waals surface area contributed by atoms with Crippen molar-refractivity contribution in [3.63, 3.8) is 0 Å². The molecule has 2 heterocycles. The number of carbonyl (C=O) groups excluding carboxylic acids is 1. The van der Waals surface area contributed by atoms with Crippen LogP contribution in [0, 0.1) is 5.92 Å². The maximum atomic E-state index is 11.8. The molecule has 16 heavy (non-hydrogen) atoms. The summed E-state index contributed by atoms with van der Waals surface area (Å²) in [5, 5.41) is 5.28. The van der Waals surface area contributed by atoms with Crippen LogP contribution in [0.25, 0.3) is 0 Å². The molecule has 0 spiro atoms. The Bertz CT molecular complexity index is 419.